The minimum atomic E-state index is 0.365. The van der Waals surface area contributed by atoms with Crippen molar-refractivity contribution in [2.45, 2.75) is 18.9 Å². The molecule has 1 aliphatic rings. The molecule has 70 valence electrons. The number of hydrogen-bond acceptors (Lipinski definition) is 4. The van der Waals surface area contributed by atoms with E-state index in [1.807, 2.05) is 19.2 Å². The van der Waals surface area contributed by atoms with Crippen LogP contribution in [0, 0.1) is 0 Å². The van der Waals surface area contributed by atoms with Crippen LogP contribution in [0.15, 0.2) is 12.1 Å². The summed E-state index contributed by atoms with van der Waals surface area (Å²) in [6.45, 7) is 0. The van der Waals surface area contributed by atoms with Gasteiger partial charge in [-0.15, -0.1) is 0 Å². The molecular formula is C9H13N3O. The van der Waals surface area contributed by atoms with Gasteiger partial charge in [-0.3, -0.25) is 0 Å². The zero-order valence-corrected chi connectivity index (χ0v) is 7.58. The molecule has 0 spiro atoms. The molecule has 0 unspecified atom stereocenters. The molecule has 2 rings (SSSR count). The maximum Gasteiger partial charge on any atom is 0.168 e. The topological polar surface area (TPSA) is 60.2 Å². The second-order valence-electron chi connectivity index (χ2n) is 3.15. The molecule has 0 aliphatic heterocycles. The van der Waals surface area contributed by atoms with Crippen LogP contribution in [0.5, 0.6) is 5.75 Å². The Hall–Kier alpha value is -1.45. The molecular weight excluding hydrogens is 166 g/mol. The number of nitrogens with zero attached hydrogens (tertiary/aromatic N) is 1. The van der Waals surface area contributed by atoms with Crippen molar-refractivity contribution < 1.29 is 4.74 Å². The van der Waals surface area contributed by atoms with Gasteiger partial charge in [-0.25, -0.2) is 4.98 Å². The molecule has 1 aromatic heterocycles. The van der Waals surface area contributed by atoms with Gasteiger partial charge in [-0.05, 0) is 25.0 Å². The van der Waals surface area contributed by atoms with Crippen molar-refractivity contribution in [3.8, 4) is 5.75 Å². The van der Waals surface area contributed by atoms with Crippen molar-refractivity contribution in [2.75, 3.05) is 18.1 Å². The zero-order valence-electron chi connectivity index (χ0n) is 7.58. The number of hydrogen-bond donors (Lipinski definition) is 2. The van der Waals surface area contributed by atoms with Gasteiger partial charge in [0.15, 0.2) is 11.6 Å². The molecule has 13 heavy (non-hydrogen) atoms. The quantitative estimate of drug-likeness (QED) is 0.733. The fourth-order valence-electron chi connectivity index (χ4n) is 1.07. The highest BCUT2D eigenvalue weighted by molar-refractivity contribution is 5.52. The smallest absolute Gasteiger partial charge is 0.168 e. The highest BCUT2D eigenvalue weighted by Gasteiger charge is 2.24. The first-order chi connectivity index (χ1) is 6.29. The van der Waals surface area contributed by atoms with Gasteiger partial charge < -0.3 is 15.8 Å². The third kappa shape index (κ3) is 1.83. The third-order valence-electron chi connectivity index (χ3n) is 1.96. The minimum absolute atomic E-state index is 0.365. The van der Waals surface area contributed by atoms with E-state index in [2.05, 4.69) is 10.3 Å². The first-order valence-corrected chi connectivity index (χ1v) is 4.40. The third-order valence-corrected chi connectivity index (χ3v) is 1.96. The second-order valence-corrected chi connectivity index (χ2v) is 3.15. The van der Waals surface area contributed by atoms with E-state index in [-0.39, 0.29) is 0 Å². The van der Waals surface area contributed by atoms with E-state index in [4.69, 9.17) is 10.5 Å². The molecule has 1 heterocycles. The minimum Gasteiger partial charge on any atom is -0.487 e. The van der Waals surface area contributed by atoms with Gasteiger partial charge in [0, 0.05) is 7.05 Å². The Balaban J connectivity index is 2.15. The van der Waals surface area contributed by atoms with E-state index < -0.39 is 0 Å². The van der Waals surface area contributed by atoms with Crippen LogP contribution in [0.3, 0.4) is 0 Å². The van der Waals surface area contributed by atoms with E-state index in [9.17, 15) is 0 Å². The summed E-state index contributed by atoms with van der Waals surface area (Å²) >= 11 is 0. The van der Waals surface area contributed by atoms with E-state index in [0.29, 0.717) is 17.7 Å². The van der Waals surface area contributed by atoms with Crippen molar-refractivity contribution in [3.05, 3.63) is 12.1 Å². The Kier molecular flexibility index (Phi) is 1.96. The second kappa shape index (κ2) is 3.12. The number of nitrogen functional groups attached to an aromatic ring is 1. The molecule has 0 saturated heterocycles. The van der Waals surface area contributed by atoms with E-state index in [0.717, 1.165) is 18.7 Å². The molecule has 4 heteroatoms. The molecule has 0 amide bonds. The monoisotopic (exact) mass is 179 g/mol. The Bertz CT molecular complexity index is 310. The summed E-state index contributed by atoms with van der Waals surface area (Å²) in [4.78, 5) is 4.11. The number of anilines is 2. The first-order valence-electron chi connectivity index (χ1n) is 4.40. The van der Waals surface area contributed by atoms with Crippen molar-refractivity contribution >= 4 is 11.6 Å². The summed E-state index contributed by atoms with van der Waals surface area (Å²) in [5, 5.41) is 2.92. The van der Waals surface area contributed by atoms with Crippen molar-refractivity contribution in [2.24, 2.45) is 0 Å². The lowest BCUT2D eigenvalue weighted by Crippen LogP contribution is -2.03. The number of nitrogens with one attached hydrogen (secondary N) is 1. The number of nitrogens with two attached hydrogens (primary N) is 1. The molecule has 1 aliphatic carbocycles. The van der Waals surface area contributed by atoms with Crippen molar-refractivity contribution in [1.29, 1.82) is 0 Å². The van der Waals surface area contributed by atoms with E-state index >= 15 is 0 Å². The average molecular weight is 179 g/mol. The summed E-state index contributed by atoms with van der Waals surface area (Å²) in [7, 11) is 1.81. The van der Waals surface area contributed by atoms with Gasteiger partial charge in [0.1, 0.15) is 5.82 Å². The fourth-order valence-corrected chi connectivity index (χ4v) is 1.07. The molecule has 0 atom stereocenters. The summed E-state index contributed by atoms with van der Waals surface area (Å²) in [5.74, 6) is 1.92. The highest BCUT2D eigenvalue weighted by Crippen LogP contribution is 2.30. The molecule has 4 nitrogen and oxygen atoms in total. The van der Waals surface area contributed by atoms with Crippen LogP contribution < -0.4 is 15.8 Å². The molecule has 1 aromatic rings. The molecule has 0 radical (unpaired) electrons. The molecule has 1 fully saturated rings. The SMILES string of the molecule is CNc1ccc(OC2CC2)c(N)n1. The number of rotatable bonds is 3. The highest BCUT2D eigenvalue weighted by atomic mass is 16.5. The Morgan fingerprint density at radius 2 is 2.31 bits per heavy atom. The fraction of sp³-hybridized carbons (Fsp3) is 0.444. The molecule has 0 aromatic carbocycles. The van der Waals surface area contributed by atoms with Crippen LogP contribution in [0.25, 0.3) is 0 Å². The molecule has 0 bridgehead atoms. The maximum absolute atomic E-state index is 5.70. The lowest BCUT2D eigenvalue weighted by Gasteiger charge is -2.07. The molecule has 3 N–H and O–H groups in total. The summed E-state index contributed by atoms with van der Waals surface area (Å²) < 4.78 is 5.54. The Morgan fingerprint density at radius 3 is 2.85 bits per heavy atom. The van der Waals surface area contributed by atoms with Gasteiger partial charge in [-0.1, -0.05) is 0 Å². The summed E-state index contributed by atoms with van der Waals surface area (Å²) in [6.07, 6.45) is 2.63. The summed E-state index contributed by atoms with van der Waals surface area (Å²) in [6, 6.07) is 3.71. The Labute approximate surface area is 77.1 Å². The number of pyridine rings is 1. The van der Waals surface area contributed by atoms with Crippen LogP contribution in [-0.4, -0.2) is 18.1 Å². The van der Waals surface area contributed by atoms with Crippen LogP contribution in [0.4, 0.5) is 11.6 Å². The normalized spacial score (nSPS) is 15.5. The van der Waals surface area contributed by atoms with Gasteiger partial charge in [-0.2, -0.15) is 0 Å². The van der Waals surface area contributed by atoms with Crippen LogP contribution in [0.2, 0.25) is 0 Å². The first kappa shape index (κ1) is 8.16. The standard InChI is InChI=1S/C9H13N3O/c1-11-8-5-4-7(9(10)12-8)13-6-2-3-6/h4-6H,2-3H2,1H3,(H3,10,11,12). The van der Waals surface area contributed by atoms with Crippen molar-refractivity contribution in [1.82, 2.24) is 4.98 Å². The van der Waals surface area contributed by atoms with Crippen LogP contribution in [0.1, 0.15) is 12.8 Å². The molecule has 1 saturated carbocycles. The van der Waals surface area contributed by atoms with Gasteiger partial charge >= 0.3 is 0 Å². The van der Waals surface area contributed by atoms with Crippen molar-refractivity contribution in [3.63, 3.8) is 0 Å². The van der Waals surface area contributed by atoms with E-state index in [1.54, 1.807) is 0 Å². The van der Waals surface area contributed by atoms with Gasteiger partial charge in [0.2, 0.25) is 0 Å². The zero-order chi connectivity index (χ0) is 9.26. The average Bonchev–Trinajstić information content (AvgIpc) is 2.92. The number of ether oxygens (including phenoxy) is 1. The van der Waals surface area contributed by atoms with Gasteiger partial charge in [0.05, 0.1) is 6.10 Å². The maximum atomic E-state index is 5.70. The lowest BCUT2D eigenvalue weighted by molar-refractivity contribution is 0.304. The van der Waals surface area contributed by atoms with Crippen LogP contribution in [-0.2, 0) is 0 Å². The van der Waals surface area contributed by atoms with Gasteiger partial charge in [0.25, 0.3) is 0 Å². The largest absolute Gasteiger partial charge is 0.487 e. The predicted octanol–water partition coefficient (Wildman–Crippen LogP) is 1.25. The lowest BCUT2D eigenvalue weighted by atomic mass is 10.4. The van der Waals surface area contributed by atoms with E-state index in [1.165, 1.54) is 0 Å². The summed E-state index contributed by atoms with van der Waals surface area (Å²) in [5.41, 5.74) is 5.70. The predicted molar refractivity (Wildman–Crippen MR) is 51.8 cm³/mol. The Morgan fingerprint density at radius 1 is 1.54 bits per heavy atom. The number of aromatic nitrogens is 1. The van der Waals surface area contributed by atoms with Crippen LogP contribution >= 0.6 is 0 Å².